The summed E-state index contributed by atoms with van der Waals surface area (Å²) in [6, 6.07) is 46.3. The fourth-order valence-electron chi connectivity index (χ4n) is 6.24. The van der Waals surface area contributed by atoms with Crippen molar-refractivity contribution in [1.82, 2.24) is 4.57 Å². The van der Waals surface area contributed by atoms with Crippen LogP contribution in [0.4, 0.5) is 0 Å². The summed E-state index contributed by atoms with van der Waals surface area (Å²) in [4.78, 5) is 0. The molecule has 0 saturated heterocycles. The van der Waals surface area contributed by atoms with Gasteiger partial charge in [0.05, 0.1) is 45.9 Å². The van der Waals surface area contributed by atoms with Crippen molar-refractivity contribution in [1.29, 1.82) is 15.8 Å². The van der Waals surface area contributed by atoms with Crippen molar-refractivity contribution in [2.45, 2.75) is 0 Å². The highest BCUT2D eigenvalue weighted by Gasteiger charge is 2.17. The molecule has 0 spiro atoms. The van der Waals surface area contributed by atoms with Crippen LogP contribution >= 0.6 is 0 Å². The standard InChI is InChI=1S/C39H20N4O/c40-21-24-9-12-36-33(17-24)34-18-25(22-41)10-13-37(34)43(36)30-16-26(23-42)15-29(19-30)28-11-14-38-35(20-28)32-8-4-7-31(39(32)44-38)27-5-2-1-3-6-27/h1-20H. The Balaban J connectivity index is 1.34. The van der Waals surface area contributed by atoms with Crippen LogP contribution in [0.1, 0.15) is 16.7 Å². The first kappa shape index (κ1) is 25.1. The molecule has 0 saturated carbocycles. The van der Waals surface area contributed by atoms with Gasteiger partial charge in [0.15, 0.2) is 0 Å². The van der Waals surface area contributed by atoms with E-state index in [2.05, 4.69) is 65.2 Å². The van der Waals surface area contributed by atoms with E-state index in [0.29, 0.717) is 16.7 Å². The van der Waals surface area contributed by atoms with Crippen LogP contribution in [-0.4, -0.2) is 4.57 Å². The van der Waals surface area contributed by atoms with Gasteiger partial charge in [-0.2, -0.15) is 15.8 Å². The molecule has 5 heteroatoms. The average Bonchev–Trinajstić information content (AvgIpc) is 3.62. The molecule has 44 heavy (non-hydrogen) atoms. The molecule has 0 radical (unpaired) electrons. The van der Waals surface area contributed by atoms with Gasteiger partial charge in [-0.3, -0.25) is 0 Å². The molecule has 8 aromatic rings. The third-order valence-electron chi connectivity index (χ3n) is 8.24. The highest BCUT2D eigenvalue weighted by molar-refractivity contribution is 6.11. The van der Waals surface area contributed by atoms with Gasteiger partial charge in [-0.25, -0.2) is 0 Å². The zero-order chi connectivity index (χ0) is 29.8. The average molecular weight is 561 g/mol. The molecule has 202 valence electrons. The molecule has 0 aliphatic carbocycles. The quantitative estimate of drug-likeness (QED) is 0.215. The van der Waals surface area contributed by atoms with Crippen LogP contribution in [0.5, 0.6) is 0 Å². The Morgan fingerprint density at radius 1 is 0.477 bits per heavy atom. The summed E-state index contributed by atoms with van der Waals surface area (Å²) in [5, 5.41) is 33.0. The summed E-state index contributed by atoms with van der Waals surface area (Å²) >= 11 is 0. The Morgan fingerprint density at radius 3 is 1.86 bits per heavy atom. The summed E-state index contributed by atoms with van der Waals surface area (Å²) in [6.07, 6.45) is 0. The maximum Gasteiger partial charge on any atom is 0.143 e. The second kappa shape index (κ2) is 9.74. The summed E-state index contributed by atoms with van der Waals surface area (Å²) < 4.78 is 8.48. The van der Waals surface area contributed by atoms with Gasteiger partial charge in [0.1, 0.15) is 11.2 Å². The Bertz CT molecular complexity index is 2510. The molecule has 6 aromatic carbocycles. The van der Waals surface area contributed by atoms with Gasteiger partial charge in [0.2, 0.25) is 0 Å². The molecule has 2 heterocycles. The van der Waals surface area contributed by atoms with E-state index >= 15 is 0 Å². The summed E-state index contributed by atoms with van der Waals surface area (Å²) in [5.41, 5.74) is 9.84. The first-order valence-electron chi connectivity index (χ1n) is 14.1. The minimum Gasteiger partial charge on any atom is -0.455 e. The number of hydrogen-bond donors (Lipinski definition) is 0. The van der Waals surface area contributed by atoms with E-state index < -0.39 is 0 Å². The van der Waals surface area contributed by atoms with E-state index in [1.54, 1.807) is 12.1 Å². The van der Waals surface area contributed by atoms with Crippen molar-refractivity contribution in [2.24, 2.45) is 0 Å². The minimum atomic E-state index is 0.526. The largest absolute Gasteiger partial charge is 0.455 e. The monoisotopic (exact) mass is 560 g/mol. The lowest BCUT2D eigenvalue weighted by molar-refractivity contribution is 0.670. The number of para-hydroxylation sites is 1. The number of nitriles is 3. The molecule has 5 nitrogen and oxygen atoms in total. The smallest absolute Gasteiger partial charge is 0.143 e. The lowest BCUT2D eigenvalue weighted by Crippen LogP contribution is -1.96. The van der Waals surface area contributed by atoms with Gasteiger partial charge in [0.25, 0.3) is 0 Å². The van der Waals surface area contributed by atoms with E-state index in [4.69, 9.17) is 4.42 Å². The van der Waals surface area contributed by atoms with Gasteiger partial charge in [-0.15, -0.1) is 0 Å². The Morgan fingerprint density at radius 2 is 1.18 bits per heavy atom. The number of furan rings is 1. The molecule has 0 atom stereocenters. The molecule has 8 rings (SSSR count). The third-order valence-corrected chi connectivity index (χ3v) is 8.24. The number of fused-ring (bicyclic) bond motifs is 6. The molecule has 2 aromatic heterocycles. The van der Waals surface area contributed by atoms with E-state index in [0.717, 1.165) is 71.7 Å². The number of hydrogen-bond acceptors (Lipinski definition) is 4. The lowest BCUT2D eigenvalue weighted by Gasteiger charge is -2.12. The first-order valence-corrected chi connectivity index (χ1v) is 14.1. The maximum atomic E-state index is 10.1. The lowest BCUT2D eigenvalue weighted by atomic mass is 9.99. The number of benzene rings is 6. The molecular weight excluding hydrogens is 540 g/mol. The number of aromatic nitrogens is 1. The van der Waals surface area contributed by atoms with Crippen molar-refractivity contribution in [3.63, 3.8) is 0 Å². The van der Waals surface area contributed by atoms with Crippen molar-refractivity contribution >= 4 is 43.7 Å². The van der Waals surface area contributed by atoms with Crippen LogP contribution in [-0.2, 0) is 0 Å². The summed E-state index contributed by atoms with van der Waals surface area (Å²) in [7, 11) is 0. The highest BCUT2D eigenvalue weighted by atomic mass is 16.3. The predicted octanol–water partition coefficient (Wildman–Crippen LogP) is 9.63. The van der Waals surface area contributed by atoms with Crippen LogP contribution in [0.25, 0.3) is 71.7 Å². The van der Waals surface area contributed by atoms with Crippen LogP contribution in [0, 0.1) is 34.0 Å². The van der Waals surface area contributed by atoms with Crippen LogP contribution in [0.15, 0.2) is 126 Å². The Hall–Kier alpha value is -6.61. The van der Waals surface area contributed by atoms with E-state index in [1.165, 1.54) is 0 Å². The van der Waals surface area contributed by atoms with Crippen molar-refractivity contribution < 1.29 is 4.42 Å². The molecule has 0 fully saturated rings. The first-order chi connectivity index (χ1) is 21.6. The molecule has 0 N–H and O–H groups in total. The molecule has 0 aliphatic rings. The zero-order valence-electron chi connectivity index (χ0n) is 23.2. The van der Waals surface area contributed by atoms with E-state index in [9.17, 15) is 15.8 Å². The van der Waals surface area contributed by atoms with Crippen LogP contribution in [0.3, 0.4) is 0 Å². The molecule has 0 amide bonds. The molecule has 0 unspecified atom stereocenters. The molecular formula is C39H20N4O. The summed E-state index contributed by atoms with van der Waals surface area (Å²) in [6.45, 7) is 0. The topological polar surface area (TPSA) is 89.4 Å². The zero-order valence-corrected chi connectivity index (χ0v) is 23.2. The Kier molecular flexibility index (Phi) is 5.56. The van der Waals surface area contributed by atoms with Gasteiger partial charge in [0, 0.05) is 32.8 Å². The second-order valence-corrected chi connectivity index (χ2v) is 10.8. The SMILES string of the molecule is N#Cc1cc(-c2ccc3oc4c(-c5ccccc5)cccc4c3c2)cc(-n2c3ccc(C#N)cc3c3cc(C#N)ccc32)c1. The van der Waals surface area contributed by atoms with Gasteiger partial charge in [-0.05, 0) is 83.4 Å². The number of rotatable bonds is 3. The fraction of sp³-hybridized carbons (Fsp3) is 0. The third kappa shape index (κ3) is 3.84. The van der Waals surface area contributed by atoms with Crippen molar-refractivity contribution in [2.75, 3.05) is 0 Å². The highest BCUT2D eigenvalue weighted by Crippen LogP contribution is 2.39. The second-order valence-electron chi connectivity index (χ2n) is 10.8. The Labute approximate surface area is 252 Å². The van der Waals surface area contributed by atoms with Crippen molar-refractivity contribution in [3.05, 3.63) is 138 Å². The van der Waals surface area contributed by atoms with E-state index in [-0.39, 0.29) is 0 Å². The minimum absolute atomic E-state index is 0.526. The summed E-state index contributed by atoms with van der Waals surface area (Å²) in [5.74, 6) is 0. The van der Waals surface area contributed by atoms with Gasteiger partial charge >= 0.3 is 0 Å². The number of nitrogens with zero attached hydrogens (tertiary/aromatic N) is 4. The van der Waals surface area contributed by atoms with Crippen LogP contribution in [0.2, 0.25) is 0 Å². The molecule has 0 bridgehead atoms. The predicted molar refractivity (Wildman–Crippen MR) is 173 cm³/mol. The molecule has 0 aliphatic heterocycles. The van der Waals surface area contributed by atoms with Gasteiger partial charge < -0.3 is 8.98 Å². The van der Waals surface area contributed by atoms with Crippen molar-refractivity contribution in [3.8, 4) is 46.1 Å². The van der Waals surface area contributed by atoms with E-state index in [1.807, 2.05) is 66.7 Å². The van der Waals surface area contributed by atoms with Gasteiger partial charge in [-0.1, -0.05) is 54.6 Å². The fourth-order valence-corrected chi connectivity index (χ4v) is 6.24. The normalized spacial score (nSPS) is 11.1. The maximum absolute atomic E-state index is 10.1. The van der Waals surface area contributed by atoms with Crippen LogP contribution < -0.4 is 0 Å².